The third kappa shape index (κ3) is 5.98. The Morgan fingerprint density at radius 3 is 2.40 bits per heavy atom. The van der Waals surface area contributed by atoms with Gasteiger partial charge in [0.05, 0.1) is 6.67 Å². The molecule has 0 aromatic rings. The summed E-state index contributed by atoms with van der Waals surface area (Å²) in [5.74, 6) is 0. The maximum Gasteiger partial charge on any atom is 0.0906 e. The first kappa shape index (κ1) is 9.85. The summed E-state index contributed by atoms with van der Waals surface area (Å²) < 4.78 is 11.6. The van der Waals surface area contributed by atoms with Crippen LogP contribution < -0.4 is 5.11 Å². The van der Waals surface area contributed by atoms with Crippen LogP contribution in [-0.2, 0) is 0 Å². The second-order valence-electron chi connectivity index (χ2n) is 2.40. The molecule has 0 saturated carbocycles. The van der Waals surface area contributed by atoms with Gasteiger partial charge in [-0.3, -0.25) is 4.39 Å². The Labute approximate surface area is 61.6 Å². The lowest BCUT2D eigenvalue weighted by molar-refractivity contribution is -0.368. The second kappa shape index (κ2) is 6.96. The van der Waals surface area contributed by atoms with Gasteiger partial charge in [0.15, 0.2) is 0 Å². The van der Waals surface area contributed by atoms with Gasteiger partial charge in [0.2, 0.25) is 0 Å². The number of halogens is 1. The summed E-state index contributed by atoms with van der Waals surface area (Å²) >= 11 is 0. The molecule has 0 amide bonds. The maximum atomic E-state index is 11.6. The van der Waals surface area contributed by atoms with E-state index in [0.717, 1.165) is 13.1 Å². The molecule has 0 bridgehead atoms. The first-order chi connectivity index (χ1) is 4.81. The molecule has 0 saturated heterocycles. The smallest absolute Gasteiger partial charge is 0.0906 e. The summed E-state index contributed by atoms with van der Waals surface area (Å²) in [6, 6.07) is 0. The third-order valence-electron chi connectivity index (χ3n) is 1.36. The van der Waals surface area contributed by atoms with Crippen molar-refractivity contribution in [2.45, 2.75) is 12.8 Å². The summed E-state index contributed by atoms with van der Waals surface area (Å²) in [6.45, 7) is 1.27. The van der Waals surface area contributed by atoms with E-state index in [4.69, 9.17) is 0 Å². The zero-order valence-electron chi connectivity index (χ0n) is 6.48. The van der Waals surface area contributed by atoms with Crippen molar-refractivity contribution in [1.29, 1.82) is 0 Å². The largest absolute Gasteiger partial charge is 0.854 e. The molecule has 0 aromatic heterocycles. The van der Waals surface area contributed by atoms with E-state index in [1.54, 1.807) is 0 Å². The third-order valence-corrected chi connectivity index (χ3v) is 1.36. The Balaban J connectivity index is 3.00. The quantitative estimate of drug-likeness (QED) is 0.531. The number of nitrogens with zero attached hydrogens (tertiary/aromatic N) is 1. The molecule has 3 heteroatoms. The van der Waals surface area contributed by atoms with E-state index in [1.807, 2.05) is 11.9 Å². The fourth-order valence-corrected chi connectivity index (χ4v) is 0.776. The van der Waals surface area contributed by atoms with Gasteiger partial charge in [0, 0.05) is 6.54 Å². The van der Waals surface area contributed by atoms with Crippen molar-refractivity contribution in [3.63, 3.8) is 0 Å². The molecule has 0 aliphatic carbocycles. The molecule has 0 aliphatic heterocycles. The highest BCUT2D eigenvalue weighted by atomic mass is 19.1. The van der Waals surface area contributed by atoms with E-state index in [0.29, 0.717) is 12.8 Å². The van der Waals surface area contributed by atoms with Crippen molar-refractivity contribution in [2.24, 2.45) is 0 Å². The van der Waals surface area contributed by atoms with Crippen LogP contribution in [0.15, 0.2) is 0 Å². The van der Waals surface area contributed by atoms with Crippen LogP contribution in [0.4, 0.5) is 4.39 Å². The highest BCUT2D eigenvalue weighted by Gasteiger charge is 1.94. The van der Waals surface area contributed by atoms with Crippen LogP contribution in [0.25, 0.3) is 0 Å². The van der Waals surface area contributed by atoms with Gasteiger partial charge >= 0.3 is 0 Å². The van der Waals surface area contributed by atoms with Crippen molar-refractivity contribution in [3.8, 4) is 0 Å². The van der Waals surface area contributed by atoms with Gasteiger partial charge < -0.3 is 10.0 Å². The summed E-state index contributed by atoms with van der Waals surface area (Å²) in [4.78, 5) is 1.98. The molecular formula is C7H15FNO-. The monoisotopic (exact) mass is 148 g/mol. The molecule has 0 radical (unpaired) electrons. The van der Waals surface area contributed by atoms with Gasteiger partial charge in [0.1, 0.15) is 0 Å². The van der Waals surface area contributed by atoms with Gasteiger partial charge in [-0.05, 0) is 20.0 Å². The van der Waals surface area contributed by atoms with Gasteiger partial charge in [-0.15, -0.1) is 6.61 Å². The van der Waals surface area contributed by atoms with Gasteiger partial charge in [-0.2, -0.15) is 0 Å². The van der Waals surface area contributed by atoms with Crippen LogP contribution in [0.2, 0.25) is 0 Å². The van der Waals surface area contributed by atoms with E-state index in [2.05, 4.69) is 0 Å². The Hall–Kier alpha value is -0.150. The highest BCUT2D eigenvalue weighted by molar-refractivity contribution is 4.49. The zero-order chi connectivity index (χ0) is 7.82. The summed E-state index contributed by atoms with van der Waals surface area (Å²) in [5.41, 5.74) is 0. The lowest BCUT2D eigenvalue weighted by atomic mass is 10.4. The summed E-state index contributed by atoms with van der Waals surface area (Å²) in [5, 5.41) is 10.0. The Morgan fingerprint density at radius 1 is 1.30 bits per heavy atom. The van der Waals surface area contributed by atoms with Crippen LogP contribution in [0, 0.1) is 0 Å². The summed E-state index contributed by atoms with van der Waals surface area (Å²) in [6.07, 6.45) is 1.25. The predicted molar refractivity (Wildman–Crippen MR) is 37.6 cm³/mol. The number of alkyl halides is 1. The first-order valence-electron chi connectivity index (χ1n) is 3.64. The molecule has 0 atom stereocenters. The molecule has 10 heavy (non-hydrogen) atoms. The number of hydrogen-bond donors (Lipinski definition) is 0. The van der Waals surface area contributed by atoms with Crippen molar-refractivity contribution >= 4 is 0 Å². The molecule has 0 aromatic carbocycles. The van der Waals surface area contributed by atoms with Crippen LogP contribution in [0.3, 0.4) is 0 Å². The molecule has 2 nitrogen and oxygen atoms in total. The Kier molecular flexibility index (Phi) is 6.86. The number of hydrogen-bond acceptors (Lipinski definition) is 2. The SMILES string of the molecule is CN(CCC[O-])CCCF. The average molecular weight is 148 g/mol. The molecule has 0 unspecified atom stereocenters. The molecule has 0 heterocycles. The van der Waals surface area contributed by atoms with Crippen molar-refractivity contribution in [1.82, 2.24) is 4.90 Å². The molecule has 0 fully saturated rings. The standard InChI is InChI=1S/C7H15FNO/c1-9(5-2-4-8)6-3-7-10/h2-7H2,1H3/q-1. The van der Waals surface area contributed by atoms with Crippen LogP contribution >= 0.6 is 0 Å². The van der Waals surface area contributed by atoms with Crippen LogP contribution in [0.1, 0.15) is 12.8 Å². The lowest BCUT2D eigenvalue weighted by Crippen LogP contribution is -2.23. The van der Waals surface area contributed by atoms with Crippen LogP contribution in [-0.4, -0.2) is 38.3 Å². The summed E-state index contributed by atoms with van der Waals surface area (Å²) in [7, 11) is 1.91. The van der Waals surface area contributed by atoms with Gasteiger partial charge in [-0.1, -0.05) is 6.42 Å². The predicted octanol–water partition coefficient (Wildman–Crippen LogP) is 0.0282. The second-order valence-corrected chi connectivity index (χ2v) is 2.40. The van der Waals surface area contributed by atoms with E-state index in [1.165, 1.54) is 0 Å². The van der Waals surface area contributed by atoms with E-state index < -0.39 is 0 Å². The normalized spacial score (nSPS) is 10.8. The molecule has 0 rings (SSSR count). The Bertz CT molecular complexity index is 62.6. The highest BCUT2D eigenvalue weighted by Crippen LogP contribution is 1.89. The van der Waals surface area contributed by atoms with Crippen LogP contribution in [0.5, 0.6) is 0 Å². The lowest BCUT2D eigenvalue weighted by Gasteiger charge is -2.15. The van der Waals surface area contributed by atoms with Crippen molar-refractivity contribution in [2.75, 3.05) is 33.4 Å². The molecule has 0 spiro atoms. The first-order valence-corrected chi connectivity index (χ1v) is 3.64. The molecular weight excluding hydrogens is 133 g/mol. The van der Waals surface area contributed by atoms with E-state index in [-0.39, 0.29) is 13.3 Å². The Morgan fingerprint density at radius 2 is 1.90 bits per heavy atom. The zero-order valence-corrected chi connectivity index (χ0v) is 6.48. The maximum absolute atomic E-state index is 11.6. The topological polar surface area (TPSA) is 26.3 Å². The van der Waals surface area contributed by atoms with Crippen molar-refractivity contribution < 1.29 is 9.50 Å². The minimum Gasteiger partial charge on any atom is -0.854 e. The molecule has 0 N–H and O–H groups in total. The fourth-order valence-electron chi connectivity index (χ4n) is 0.776. The molecule has 0 aliphatic rings. The minimum absolute atomic E-state index is 0.0278. The van der Waals surface area contributed by atoms with Gasteiger partial charge in [-0.25, -0.2) is 0 Å². The van der Waals surface area contributed by atoms with Gasteiger partial charge in [0.25, 0.3) is 0 Å². The van der Waals surface area contributed by atoms with E-state index in [9.17, 15) is 9.50 Å². The molecule has 62 valence electrons. The van der Waals surface area contributed by atoms with Crippen molar-refractivity contribution in [3.05, 3.63) is 0 Å². The average Bonchev–Trinajstić information content (AvgIpc) is 1.97. The minimum atomic E-state index is -0.262. The van der Waals surface area contributed by atoms with E-state index >= 15 is 0 Å². The number of rotatable bonds is 6. The fraction of sp³-hybridized carbons (Fsp3) is 1.00.